The van der Waals surface area contributed by atoms with E-state index in [1.165, 1.54) is 19.1 Å². The summed E-state index contributed by atoms with van der Waals surface area (Å²) >= 11 is 6.09. The molecular formula is C17H12FNO4S2. The third kappa shape index (κ3) is 3.35. The SMILES string of the molecule is C[C@@H](C(=O)O)N1C(=O)/C(=C\c2ccc(-c3ccccc3F)o2)SC1=S. The number of halogens is 1. The number of hydrogen-bond donors (Lipinski definition) is 1. The van der Waals surface area contributed by atoms with Crippen molar-refractivity contribution in [3.63, 3.8) is 0 Å². The second kappa shape index (κ2) is 6.81. The van der Waals surface area contributed by atoms with E-state index in [2.05, 4.69) is 0 Å². The number of aliphatic carboxylic acids is 1. The van der Waals surface area contributed by atoms with Crippen LogP contribution in [0.3, 0.4) is 0 Å². The number of thiocarbonyl (C=S) groups is 1. The molecular weight excluding hydrogens is 365 g/mol. The highest BCUT2D eigenvalue weighted by molar-refractivity contribution is 8.26. The molecule has 0 spiro atoms. The molecule has 0 bridgehead atoms. The van der Waals surface area contributed by atoms with Crippen LogP contribution in [0.25, 0.3) is 17.4 Å². The van der Waals surface area contributed by atoms with Crippen molar-refractivity contribution >= 4 is 46.3 Å². The van der Waals surface area contributed by atoms with Crippen molar-refractivity contribution in [1.29, 1.82) is 0 Å². The first-order chi connectivity index (χ1) is 11.9. The highest BCUT2D eigenvalue weighted by atomic mass is 32.2. The van der Waals surface area contributed by atoms with Gasteiger partial charge in [0.2, 0.25) is 0 Å². The molecule has 1 aliphatic heterocycles. The van der Waals surface area contributed by atoms with E-state index in [0.29, 0.717) is 17.1 Å². The Hall–Kier alpha value is -2.45. The topological polar surface area (TPSA) is 70.8 Å². The zero-order valence-corrected chi connectivity index (χ0v) is 14.6. The van der Waals surface area contributed by atoms with Gasteiger partial charge in [-0.05, 0) is 31.2 Å². The quantitative estimate of drug-likeness (QED) is 0.646. The number of carbonyl (C=O) groups is 2. The summed E-state index contributed by atoms with van der Waals surface area (Å²) in [5, 5.41) is 9.07. The molecule has 2 heterocycles. The summed E-state index contributed by atoms with van der Waals surface area (Å²) in [6.07, 6.45) is 1.47. The number of carboxylic acids is 1. The van der Waals surface area contributed by atoms with Crippen LogP contribution in [-0.2, 0) is 9.59 Å². The summed E-state index contributed by atoms with van der Waals surface area (Å²) in [6.45, 7) is 1.39. The molecule has 1 N–H and O–H groups in total. The summed E-state index contributed by atoms with van der Waals surface area (Å²) in [5.41, 5.74) is 0.314. The van der Waals surface area contributed by atoms with E-state index in [0.717, 1.165) is 16.7 Å². The first-order valence-corrected chi connectivity index (χ1v) is 8.45. The maximum atomic E-state index is 13.8. The molecule has 1 aromatic heterocycles. The number of furan rings is 1. The van der Waals surface area contributed by atoms with E-state index in [1.54, 1.807) is 30.3 Å². The third-order valence-corrected chi connectivity index (χ3v) is 4.94. The summed E-state index contributed by atoms with van der Waals surface area (Å²) in [4.78, 5) is 24.8. The van der Waals surface area contributed by atoms with Crippen molar-refractivity contribution in [3.8, 4) is 11.3 Å². The van der Waals surface area contributed by atoms with Crippen LogP contribution < -0.4 is 0 Å². The molecule has 3 rings (SSSR count). The third-order valence-electron chi connectivity index (χ3n) is 3.61. The van der Waals surface area contributed by atoms with Gasteiger partial charge < -0.3 is 9.52 Å². The minimum absolute atomic E-state index is 0.173. The van der Waals surface area contributed by atoms with Crippen LogP contribution >= 0.6 is 24.0 Å². The van der Waals surface area contributed by atoms with Gasteiger partial charge in [0.15, 0.2) is 0 Å². The van der Waals surface area contributed by atoms with Crippen LogP contribution in [0, 0.1) is 5.82 Å². The van der Waals surface area contributed by atoms with E-state index < -0.39 is 23.7 Å². The smallest absolute Gasteiger partial charge is 0.326 e. The molecule has 1 aromatic carbocycles. The van der Waals surface area contributed by atoms with Gasteiger partial charge >= 0.3 is 5.97 Å². The average molecular weight is 377 g/mol. The van der Waals surface area contributed by atoms with Crippen LogP contribution in [-0.4, -0.2) is 32.2 Å². The van der Waals surface area contributed by atoms with Gasteiger partial charge in [-0.25, -0.2) is 9.18 Å². The van der Waals surface area contributed by atoms with Gasteiger partial charge in [-0.15, -0.1) is 0 Å². The summed E-state index contributed by atoms with van der Waals surface area (Å²) < 4.78 is 19.6. The molecule has 1 aliphatic rings. The van der Waals surface area contributed by atoms with Crippen molar-refractivity contribution in [2.75, 3.05) is 0 Å². The molecule has 1 atom stereocenters. The van der Waals surface area contributed by atoms with E-state index in [-0.39, 0.29) is 9.23 Å². The minimum atomic E-state index is -1.14. The summed E-state index contributed by atoms with van der Waals surface area (Å²) in [5.74, 6) is -1.36. The fraction of sp³-hybridized carbons (Fsp3) is 0.118. The first-order valence-electron chi connectivity index (χ1n) is 7.23. The van der Waals surface area contributed by atoms with Gasteiger partial charge in [0.1, 0.15) is 27.7 Å². The van der Waals surface area contributed by atoms with Crippen LogP contribution in [0.4, 0.5) is 4.39 Å². The fourth-order valence-electron chi connectivity index (χ4n) is 2.29. The predicted octanol–water partition coefficient (Wildman–Crippen LogP) is 3.76. The van der Waals surface area contributed by atoms with Gasteiger partial charge in [0.25, 0.3) is 5.91 Å². The maximum absolute atomic E-state index is 13.8. The highest BCUT2D eigenvalue weighted by Crippen LogP contribution is 2.35. The van der Waals surface area contributed by atoms with Crippen molar-refractivity contribution in [2.45, 2.75) is 13.0 Å². The molecule has 0 aliphatic carbocycles. The fourth-order valence-corrected chi connectivity index (χ4v) is 3.69. The number of hydrogen-bond acceptors (Lipinski definition) is 5. The lowest BCUT2D eigenvalue weighted by Crippen LogP contribution is -2.41. The Kier molecular flexibility index (Phi) is 4.73. The number of rotatable bonds is 4. The largest absolute Gasteiger partial charge is 0.480 e. The molecule has 128 valence electrons. The Balaban J connectivity index is 1.88. The van der Waals surface area contributed by atoms with Crippen LogP contribution in [0.5, 0.6) is 0 Å². The summed E-state index contributed by atoms with van der Waals surface area (Å²) in [6, 6.07) is 8.35. The number of carboxylic acid groups (broad SMARTS) is 1. The molecule has 5 nitrogen and oxygen atoms in total. The summed E-state index contributed by atoms with van der Waals surface area (Å²) in [7, 11) is 0. The van der Waals surface area contributed by atoms with Crippen LogP contribution in [0.2, 0.25) is 0 Å². The van der Waals surface area contributed by atoms with Gasteiger partial charge in [-0.3, -0.25) is 9.69 Å². The number of nitrogens with zero attached hydrogens (tertiary/aromatic N) is 1. The molecule has 8 heteroatoms. The lowest BCUT2D eigenvalue weighted by Gasteiger charge is -2.18. The number of amides is 1. The van der Waals surface area contributed by atoms with E-state index in [9.17, 15) is 14.0 Å². The molecule has 1 saturated heterocycles. The van der Waals surface area contributed by atoms with Crippen molar-refractivity contribution in [3.05, 3.63) is 52.9 Å². The monoisotopic (exact) mass is 377 g/mol. The molecule has 0 radical (unpaired) electrons. The lowest BCUT2D eigenvalue weighted by molar-refractivity contribution is -0.144. The maximum Gasteiger partial charge on any atom is 0.326 e. The predicted molar refractivity (Wildman–Crippen MR) is 96.2 cm³/mol. The van der Waals surface area contributed by atoms with Crippen LogP contribution in [0.15, 0.2) is 45.7 Å². The average Bonchev–Trinajstić information content (AvgIpc) is 3.13. The zero-order valence-electron chi connectivity index (χ0n) is 12.9. The lowest BCUT2D eigenvalue weighted by atomic mass is 10.1. The molecule has 2 aromatic rings. The van der Waals surface area contributed by atoms with Gasteiger partial charge in [0, 0.05) is 6.08 Å². The van der Waals surface area contributed by atoms with Crippen molar-refractivity contribution in [2.24, 2.45) is 0 Å². The Morgan fingerprint density at radius 2 is 2.08 bits per heavy atom. The molecule has 1 fully saturated rings. The Morgan fingerprint density at radius 3 is 2.76 bits per heavy atom. The number of benzene rings is 1. The Morgan fingerprint density at radius 1 is 1.36 bits per heavy atom. The zero-order chi connectivity index (χ0) is 18.1. The van der Waals surface area contributed by atoms with Crippen molar-refractivity contribution < 1.29 is 23.5 Å². The van der Waals surface area contributed by atoms with Gasteiger partial charge in [-0.1, -0.05) is 36.1 Å². The first kappa shape index (κ1) is 17.4. The minimum Gasteiger partial charge on any atom is -0.480 e. The molecule has 1 amide bonds. The second-order valence-electron chi connectivity index (χ2n) is 5.25. The van der Waals surface area contributed by atoms with Gasteiger partial charge in [0.05, 0.1) is 10.5 Å². The van der Waals surface area contributed by atoms with Crippen LogP contribution in [0.1, 0.15) is 12.7 Å². The number of carbonyl (C=O) groups excluding carboxylic acids is 1. The Bertz CT molecular complexity index is 906. The van der Waals surface area contributed by atoms with E-state index >= 15 is 0 Å². The molecule has 0 unspecified atom stereocenters. The van der Waals surface area contributed by atoms with Crippen molar-refractivity contribution in [1.82, 2.24) is 4.90 Å². The number of thioether (sulfide) groups is 1. The normalized spacial score (nSPS) is 17.4. The van der Waals surface area contributed by atoms with Gasteiger partial charge in [-0.2, -0.15) is 0 Å². The molecule has 0 saturated carbocycles. The van der Waals surface area contributed by atoms with E-state index in [1.807, 2.05) is 0 Å². The van der Waals surface area contributed by atoms with E-state index in [4.69, 9.17) is 21.7 Å². The standard InChI is InChI=1S/C17H12FNO4S2/c1-9(16(21)22)19-15(20)14(25-17(19)24)8-10-6-7-13(23-10)11-4-2-3-5-12(11)18/h2-9H,1H3,(H,21,22)/b14-8+/t9-/m0/s1. The highest BCUT2D eigenvalue weighted by Gasteiger charge is 2.38. The second-order valence-corrected chi connectivity index (χ2v) is 6.92. The molecule has 25 heavy (non-hydrogen) atoms. The Labute approximate surface area is 152 Å².